The van der Waals surface area contributed by atoms with E-state index in [9.17, 15) is 0 Å². The zero-order chi connectivity index (χ0) is 5.82. The van der Waals surface area contributed by atoms with Crippen molar-refractivity contribution in [3.05, 3.63) is 24.5 Å². The minimum Gasteiger partial charge on any atom is -0.258 e. The zero-order valence-electron chi connectivity index (χ0n) is 4.41. The fourth-order valence-electron chi connectivity index (χ4n) is 0.447. The highest BCUT2D eigenvalue weighted by atomic mass is 14.7. The summed E-state index contributed by atoms with van der Waals surface area (Å²) in [5.41, 5.74) is 0.813. The number of aliphatic imine (C=N–C) groups is 1. The quantitative estimate of drug-likeness (QED) is 0.485. The van der Waals surface area contributed by atoms with Gasteiger partial charge in [0.1, 0.15) is 6.20 Å². The van der Waals surface area contributed by atoms with Crippen LogP contribution in [0.15, 0.2) is 24.5 Å². The lowest BCUT2D eigenvalue weighted by Gasteiger charge is -1.73. The smallest absolute Gasteiger partial charge is 0.258 e. The number of hydrogen-bond donors (Lipinski definition) is 0. The van der Waals surface area contributed by atoms with Gasteiger partial charge in [0.25, 0.3) is 5.69 Å². The molecule has 0 aliphatic rings. The third-order valence-corrected chi connectivity index (χ3v) is 0.828. The SMILES string of the molecule is C=[N+]c1cccnc1. The third kappa shape index (κ3) is 0.904. The molecule has 0 atom stereocenters. The summed E-state index contributed by atoms with van der Waals surface area (Å²) < 4.78 is 0. The molecule has 1 aromatic heterocycles. The summed E-state index contributed by atoms with van der Waals surface area (Å²) in [5, 5.41) is 0. The van der Waals surface area contributed by atoms with Crippen molar-refractivity contribution in [1.82, 2.24) is 9.98 Å². The Labute approximate surface area is 47.9 Å². The first-order valence-electron chi connectivity index (χ1n) is 2.30. The Morgan fingerprint density at radius 2 is 2.50 bits per heavy atom. The number of hydrogen-bond acceptors (Lipinski definition) is 2. The largest absolute Gasteiger partial charge is 0.294 e. The third-order valence-electron chi connectivity index (χ3n) is 0.828. The molecule has 39 valence electrons. The summed E-state index contributed by atoms with van der Waals surface area (Å²) >= 11 is 0. The lowest BCUT2D eigenvalue weighted by Crippen LogP contribution is -1.75. The van der Waals surface area contributed by atoms with Crippen LogP contribution < -0.4 is 4.99 Å². The fraction of sp³-hybridized carbons (Fsp3) is 0. The molecule has 1 rings (SSSR count). The number of pyridine rings is 1. The molecule has 0 fully saturated rings. The van der Waals surface area contributed by atoms with E-state index in [2.05, 4.69) is 16.7 Å². The maximum atomic E-state index is 3.82. The Morgan fingerprint density at radius 3 is 2.88 bits per heavy atom. The van der Waals surface area contributed by atoms with Crippen LogP contribution >= 0.6 is 0 Å². The van der Waals surface area contributed by atoms with Crippen LogP contribution in [0.25, 0.3) is 0 Å². The second kappa shape index (κ2) is 2.21. The van der Waals surface area contributed by atoms with Gasteiger partial charge in [-0.15, -0.1) is 0 Å². The Bertz CT molecular complexity index is 169. The molecule has 1 radical (unpaired) electrons. The molecule has 8 heavy (non-hydrogen) atoms. The van der Waals surface area contributed by atoms with Gasteiger partial charge in [-0.1, -0.05) is 0 Å². The van der Waals surface area contributed by atoms with Crippen molar-refractivity contribution < 1.29 is 0 Å². The van der Waals surface area contributed by atoms with Crippen LogP contribution in [-0.4, -0.2) is 11.7 Å². The van der Waals surface area contributed by atoms with E-state index in [0.717, 1.165) is 5.69 Å². The van der Waals surface area contributed by atoms with Gasteiger partial charge in [-0.05, 0) is 6.07 Å². The van der Waals surface area contributed by atoms with Crippen LogP contribution in [0.5, 0.6) is 0 Å². The second-order valence-electron chi connectivity index (χ2n) is 1.37. The van der Waals surface area contributed by atoms with Crippen LogP contribution in [0.3, 0.4) is 0 Å². The maximum absolute atomic E-state index is 3.82. The highest BCUT2D eigenvalue weighted by Crippen LogP contribution is 1.96. The highest BCUT2D eigenvalue weighted by molar-refractivity contribution is 5.39. The van der Waals surface area contributed by atoms with Crippen LogP contribution in [0, 0.1) is 0 Å². The number of nitrogens with zero attached hydrogens (tertiary/aromatic N) is 2. The topological polar surface area (TPSA) is 27.0 Å². The molecule has 1 aromatic rings. The molecule has 0 saturated carbocycles. The first kappa shape index (κ1) is 4.97. The van der Waals surface area contributed by atoms with Gasteiger partial charge in [0.2, 0.25) is 6.72 Å². The summed E-state index contributed by atoms with van der Waals surface area (Å²) in [4.78, 5) is 7.48. The van der Waals surface area contributed by atoms with Gasteiger partial charge in [-0.25, -0.2) is 0 Å². The van der Waals surface area contributed by atoms with E-state index in [4.69, 9.17) is 0 Å². The Hall–Kier alpha value is -1.18. The van der Waals surface area contributed by atoms with Crippen LogP contribution in [-0.2, 0) is 0 Å². The van der Waals surface area contributed by atoms with E-state index in [1.807, 2.05) is 12.1 Å². The normalized spacial score (nSPS) is 8.50. The maximum Gasteiger partial charge on any atom is 0.294 e. The Morgan fingerprint density at radius 1 is 1.62 bits per heavy atom. The molecular formula is C6H6N2+. The summed E-state index contributed by atoms with van der Waals surface area (Å²) in [6.45, 7) is 3.34. The van der Waals surface area contributed by atoms with Crippen LogP contribution in [0.1, 0.15) is 0 Å². The standard InChI is InChI=1S/C6H6N2/c1-7-6-3-2-4-8-5-6/h2-5H,1H2/q+1. The average Bonchev–Trinajstić information content (AvgIpc) is 1.90. The number of rotatable bonds is 1. The number of aromatic nitrogens is 1. The predicted molar refractivity (Wildman–Crippen MR) is 33.2 cm³/mol. The summed E-state index contributed by atoms with van der Waals surface area (Å²) in [6, 6.07) is 3.67. The van der Waals surface area contributed by atoms with E-state index in [1.165, 1.54) is 0 Å². The molecule has 0 aromatic carbocycles. The van der Waals surface area contributed by atoms with E-state index in [1.54, 1.807) is 12.4 Å². The van der Waals surface area contributed by atoms with E-state index in [0.29, 0.717) is 0 Å². The van der Waals surface area contributed by atoms with Crippen molar-refractivity contribution in [2.24, 2.45) is 0 Å². The van der Waals surface area contributed by atoms with Crippen molar-refractivity contribution in [2.75, 3.05) is 0 Å². The molecular weight excluding hydrogens is 100 g/mol. The Balaban J connectivity index is 2.99. The molecule has 0 spiro atoms. The second-order valence-corrected chi connectivity index (χ2v) is 1.37. The minimum absolute atomic E-state index is 0.813. The van der Waals surface area contributed by atoms with Gasteiger partial charge in [-0.2, -0.15) is 0 Å². The molecule has 0 amide bonds. The van der Waals surface area contributed by atoms with Gasteiger partial charge in [0.05, 0.1) is 4.99 Å². The molecule has 1 heterocycles. The minimum atomic E-state index is 0.813. The average molecular weight is 106 g/mol. The molecule has 0 N–H and O–H groups in total. The molecule has 2 heteroatoms. The van der Waals surface area contributed by atoms with Crippen molar-refractivity contribution in [3.8, 4) is 0 Å². The molecule has 2 nitrogen and oxygen atoms in total. The van der Waals surface area contributed by atoms with Crippen molar-refractivity contribution in [3.63, 3.8) is 0 Å². The molecule has 0 bridgehead atoms. The van der Waals surface area contributed by atoms with Crippen molar-refractivity contribution in [2.45, 2.75) is 0 Å². The first-order valence-corrected chi connectivity index (χ1v) is 2.30. The van der Waals surface area contributed by atoms with E-state index in [-0.39, 0.29) is 0 Å². The summed E-state index contributed by atoms with van der Waals surface area (Å²) in [7, 11) is 0. The van der Waals surface area contributed by atoms with E-state index < -0.39 is 0 Å². The summed E-state index contributed by atoms with van der Waals surface area (Å²) in [6.07, 6.45) is 3.36. The zero-order valence-corrected chi connectivity index (χ0v) is 4.41. The first-order chi connectivity index (χ1) is 3.93. The Kier molecular flexibility index (Phi) is 1.37. The van der Waals surface area contributed by atoms with Crippen LogP contribution in [0.2, 0.25) is 0 Å². The molecule has 0 saturated heterocycles. The van der Waals surface area contributed by atoms with E-state index >= 15 is 0 Å². The fourth-order valence-corrected chi connectivity index (χ4v) is 0.447. The molecule has 0 aliphatic heterocycles. The predicted octanol–water partition coefficient (Wildman–Crippen LogP) is 0.749. The van der Waals surface area contributed by atoms with Gasteiger partial charge in [0.15, 0.2) is 0 Å². The van der Waals surface area contributed by atoms with Gasteiger partial charge in [0, 0.05) is 12.3 Å². The van der Waals surface area contributed by atoms with Crippen LogP contribution in [0.4, 0.5) is 5.69 Å². The van der Waals surface area contributed by atoms with Gasteiger partial charge in [-0.3, -0.25) is 4.98 Å². The lowest BCUT2D eigenvalue weighted by atomic mass is 10.4. The monoisotopic (exact) mass is 106 g/mol. The molecule has 0 unspecified atom stereocenters. The van der Waals surface area contributed by atoms with Gasteiger partial charge < -0.3 is 0 Å². The van der Waals surface area contributed by atoms with Crippen molar-refractivity contribution in [1.29, 1.82) is 0 Å². The van der Waals surface area contributed by atoms with Crippen molar-refractivity contribution >= 4 is 12.4 Å². The van der Waals surface area contributed by atoms with Gasteiger partial charge >= 0.3 is 0 Å². The summed E-state index contributed by atoms with van der Waals surface area (Å²) in [5.74, 6) is 0. The molecule has 0 aliphatic carbocycles. The highest BCUT2D eigenvalue weighted by Gasteiger charge is 1.92. The lowest BCUT2D eigenvalue weighted by molar-refractivity contribution is 1.27.